The second kappa shape index (κ2) is 4.58. The van der Waals surface area contributed by atoms with Crippen LogP contribution < -0.4 is 4.90 Å². The average Bonchev–Trinajstić information content (AvgIpc) is 2.98. The van der Waals surface area contributed by atoms with Crippen LogP contribution in [0.15, 0.2) is 30.3 Å². The van der Waals surface area contributed by atoms with E-state index >= 15 is 0 Å². The minimum Gasteiger partial charge on any atom is -0.346 e. The number of hydrogen-bond acceptors (Lipinski definition) is 4. The van der Waals surface area contributed by atoms with Gasteiger partial charge in [-0.25, -0.2) is 0 Å². The van der Waals surface area contributed by atoms with Gasteiger partial charge in [0.25, 0.3) is 0 Å². The van der Waals surface area contributed by atoms with Crippen molar-refractivity contribution in [2.45, 2.75) is 12.3 Å². The molecule has 0 bridgehead atoms. The van der Waals surface area contributed by atoms with E-state index in [9.17, 15) is 0 Å². The van der Waals surface area contributed by atoms with Crippen molar-refractivity contribution in [3.8, 4) is 0 Å². The van der Waals surface area contributed by atoms with Gasteiger partial charge in [-0.3, -0.25) is 5.10 Å². The molecule has 1 aliphatic heterocycles. The molecule has 1 N–H and O–H groups in total. The summed E-state index contributed by atoms with van der Waals surface area (Å²) in [5, 5.41) is 8.10. The predicted octanol–water partition coefficient (Wildman–Crippen LogP) is 3.19. The van der Waals surface area contributed by atoms with Gasteiger partial charge in [-0.05, 0) is 24.2 Å². The molecule has 88 valence electrons. The van der Waals surface area contributed by atoms with Crippen LogP contribution in [0.2, 0.25) is 0 Å². The van der Waals surface area contributed by atoms with E-state index in [4.69, 9.17) is 12.2 Å². The van der Waals surface area contributed by atoms with Gasteiger partial charge >= 0.3 is 0 Å². The van der Waals surface area contributed by atoms with E-state index in [0.29, 0.717) is 5.92 Å². The second-order valence-electron chi connectivity index (χ2n) is 4.24. The predicted molar refractivity (Wildman–Crippen MR) is 73.3 cm³/mol. The van der Waals surface area contributed by atoms with Gasteiger partial charge < -0.3 is 4.90 Å². The molecule has 1 unspecified atom stereocenters. The zero-order valence-corrected chi connectivity index (χ0v) is 10.9. The molecule has 1 aromatic heterocycles. The highest BCUT2D eigenvalue weighted by Gasteiger charge is 2.25. The normalized spacial score (nSPS) is 19.8. The van der Waals surface area contributed by atoms with Crippen LogP contribution in [0.1, 0.15) is 17.9 Å². The van der Waals surface area contributed by atoms with Gasteiger partial charge in [0.1, 0.15) is 0 Å². The van der Waals surface area contributed by atoms with Gasteiger partial charge in [-0.1, -0.05) is 41.7 Å². The summed E-state index contributed by atoms with van der Waals surface area (Å²) in [6, 6.07) is 10.7. The lowest BCUT2D eigenvalue weighted by atomic mass is 9.99. The largest absolute Gasteiger partial charge is 0.346 e. The molecular formula is C12H13N3S2. The van der Waals surface area contributed by atoms with Crippen LogP contribution in [0.5, 0.6) is 0 Å². The number of rotatable bonds is 2. The summed E-state index contributed by atoms with van der Waals surface area (Å²) < 4.78 is 0.753. The maximum atomic E-state index is 5.07. The van der Waals surface area contributed by atoms with Crippen LogP contribution in [-0.2, 0) is 0 Å². The molecule has 0 aliphatic carbocycles. The van der Waals surface area contributed by atoms with Crippen molar-refractivity contribution in [3.63, 3.8) is 0 Å². The molecule has 0 radical (unpaired) electrons. The molecule has 3 rings (SSSR count). The van der Waals surface area contributed by atoms with Crippen molar-refractivity contribution < 1.29 is 0 Å². The molecule has 2 aromatic rings. The average molecular weight is 263 g/mol. The van der Waals surface area contributed by atoms with Crippen LogP contribution in [0.3, 0.4) is 0 Å². The van der Waals surface area contributed by atoms with Gasteiger partial charge in [0.2, 0.25) is 5.13 Å². The Labute approximate surface area is 109 Å². The van der Waals surface area contributed by atoms with E-state index in [1.807, 2.05) is 0 Å². The number of nitrogens with zero attached hydrogens (tertiary/aromatic N) is 2. The summed E-state index contributed by atoms with van der Waals surface area (Å²) >= 11 is 6.62. The first kappa shape index (κ1) is 10.9. The highest BCUT2D eigenvalue weighted by molar-refractivity contribution is 7.73. The maximum absolute atomic E-state index is 5.07. The van der Waals surface area contributed by atoms with Crippen molar-refractivity contribution in [3.05, 3.63) is 39.8 Å². The molecule has 1 fully saturated rings. The van der Waals surface area contributed by atoms with E-state index in [0.717, 1.165) is 22.2 Å². The van der Waals surface area contributed by atoms with E-state index < -0.39 is 0 Å². The van der Waals surface area contributed by atoms with Crippen LogP contribution in [0.4, 0.5) is 5.13 Å². The Hall–Kier alpha value is -1.20. The van der Waals surface area contributed by atoms with E-state index in [-0.39, 0.29) is 0 Å². The van der Waals surface area contributed by atoms with Gasteiger partial charge in [0.05, 0.1) is 0 Å². The molecule has 0 spiro atoms. The molecule has 17 heavy (non-hydrogen) atoms. The summed E-state index contributed by atoms with van der Waals surface area (Å²) in [5.74, 6) is 0.619. The summed E-state index contributed by atoms with van der Waals surface area (Å²) in [6.45, 7) is 2.11. The SMILES string of the molecule is S=c1[nH]nc(N2CCC(c3ccccc3)C2)s1. The first-order chi connectivity index (χ1) is 8.33. The van der Waals surface area contributed by atoms with E-state index in [1.54, 1.807) is 11.3 Å². The molecule has 1 aliphatic rings. The Morgan fingerprint density at radius 1 is 1.35 bits per heavy atom. The Bertz CT molecular complexity index is 546. The maximum Gasteiger partial charge on any atom is 0.206 e. The van der Waals surface area contributed by atoms with Gasteiger partial charge in [-0.2, -0.15) is 0 Å². The minimum absolute atomic E-state index is 0.619. The number of anilines is 1. The van der Waals surface area contributed by atoms with Crippen LogP contribution >= 0.6 is 23.6 Å². The molecule has 1 atom stereocenters. The lowest BCUT2D eigenvalue weighted by molar-refractivity contribution is 0.774. The highest BCUT2D eigenvalue weighted by Crippen LogP contribution is 2.31. The Morgan fingerprint density at radius 2 is 2.18 bits per heavy atom. The summed E-state index contributed by atoms with van der Waals surface area (Å²) in [5.41, 5.74) is 1.43. The Morgan fingerprint density at radius 3 is 2.88 bits per heavy atom. The molecule has 5 heteroatoms. The zero-order valence-electron chi connectivity index (χ0n) is 9.30. The Kier molecular flexibility index (Phi) is 2.94. The number of aromatic amines is 1. The molecule has 0 amide bonds. The first-order valence-electron chi connectivity index (χ1n) is 5.68. The third-order valence-corrected chi connectivity index (χ3v) is 4.31. The van der Waals surface area contributed by atoms with Crippen molar-refractivity contribution in [1.82, 2.24) is 10.2 Å². The molecule has 2 heterocycles. The first-order valence-corrected chi connectivity index (χ1v) is 6.91. The minimum atomic E-state index is 0.619. The molecule has 1 aromatic carbocycles. The number of benzene rings is 1. The van der Waals surface area contributed by atoms with Gasteiger partial charge in [0.15, 0.2) is 3.95 Å². The summed E-state index contributed by atoms with van der Waals surface area (Å²) in [7, 11) is 0. The van der Waals surface area contributed by atoms with Gasteiger partial charge in [0, 0.05) is 19.0 Å². The van der Waals surface area contributed by atoms with E-state index in [2.05, 4.69) is 45.4 Å². The van der Waals surface area contributed by atoms with Crippen LogP contribution in [0, 0.1) is 3.95 Å². The zero-order chi connectivity index (χ0) is 11.7. The standard InChI is InChI=1S/C12H13N3S2/c16-12-14-13-11(17-12)15-7-6-10(8-15)9-4-2-1-3-5-9/h1-5,10H,6-8H2,(H,14,16). The molecule has 1 saturated heterocycles. The van der Waals surface area contributed by atoms with Crippen LogP contribution in [-0.4, -0.2) is 23.3 Å². The van der Waals surface area contributed by atoms with Crippen molar-refractivity contribution in [2.75, 3.05) is 18.0 Å². The number of hydrogen-bond donors (Lipinski definition) is 1. The highest BCUT2D eigenvalue weighted by atomic mass is 32.1. The van der Waals surface area contributed by atoms with Gasteiger partial charge in [-0.15, -0.1) is 5.10 Å². The molecule has 3 nitrogen and oxygen atoms in total. The monoisotopic (exact) mass is 263 g/mol. The fourth-order valence-corrected chi connectivity index (χ4v) is 3.20. The second-order valence-corrected chi connectivity index (χ2v) is 5.88. The fourth-order valence-electron chi connectivity index (χ4n) is 2.29. The molecular weight excluding hydrogens is 250 g/mol. The number of nitrogens with one attached hydrogen (secondary N) is 1. The third kappa shape index (κ3) is 2.25. The smallest absolute Gasteiger partial charge is 0.206 e. The fraction of sp³-hybridized carbons (Fsp3) is 0.333. The third-order valence-electron chi connectivity index (χ3n) is 3.16. The quantitative estimate of drug-likeness (QED) is 0.844. The van der Waals surface area contributed by atoms with Crippen LogP contribution in [0.25, 0.3) is 0 Å². The Balaban J connectivity index is 1.76. The lowest BCUT2D eigenvalue weighted by Gasteiger charge is -2.14. The lowest BCUT2D eigenvalue weighted by Crippen LogP contribution is -2.18. The topological polar surface area (TPSA) is 31.9 Å². The number of H-pyrrole nitrogens is 1. The number of aromatic nitrogens is 2. The van der Waals surface area contributed by atoms with Crippen molar-refractivity contribution in [1.29, 1.82) is 0 Å². The summed E-state index contributed by atoms with van der Waals surface area (Å²) in [4.78, 5) is 2.31. The van der Waals surface area contributed by atoms with E-state index in [1.165, 1.54) is 12.0 Å². The molecule has 0 saturated carbocycles. The van der Waals surface area contributed by atoms with Crippen molar-refractivity contribution in [2.24, 2.45) is 0 Å². The summed E-state index contributed by atoms with van der Waals surface area (Å²) in [6.07, 6.45) is 1.19. The van der Waals surface area contributed by atoms with Crippen molar-refractivity contribution >= 4 is 28.7 Å².